The molecule has 0 aromatic carbocycles. The molecule has 0 unspecified atom stereocenters. The van der Waals surface area contributed by atoms with Crippen LogP contribution < -0.4 is 10.6 Å². The van der Waals surface area contributed by atoms with E-state index in [1.807, 2.05) is 7.05 Å². The van der Waals surface area contributed by atoms with Crippen LogP contribution in [0, 0.1) is 5.41 Å². The van der Waals surface area contributed by atoms with E-state index in [1.54, 1.807) is 4.68 Å². The summed E-state index contributed by atoms with van der Waals surface area (Å²) in [6.07, 6.45) is 8.81. The average Bonchev–Trinajstić information content (AvgIpc) is 2.89. The Balaban J connectivity index is 1.60. The molecule has 0 spiro atoms. The number of hydrogen-bond acceptors (Lipinski definition) is 4. The first kappa shape index (κ1) is 16.4. The number of anilines is 1. The Labute approximate surface area is 138 Å². The lowest BCUT2D eigenvalue weighted by Crippen LogP contribution is -2.28. The minimum atomic E-state index is 0.0711. The minimum absolute atomic E-state index is 0.0711. The second-order valence-corrected chi connectivity index (χ2v) is 7.54. The van der Waals surface area contributed by atoms with Gasteiger partial charge in [-0.25, -0.2) is 4.68 Å². The Morgan fingerprint density at radius 3 is 2.70 bits per heavy atom. The van der Waals surface area contributed by atoms with E-state index in [2.05, 4.69) is 27.6 Å². The fraction of sp³-hybridized carbons (Fsp3) is 0.824. The second-order valence-electron chi connectivity index (χ2n) is 7.54. The lowest BCUT2D eigenvalue weighted by molar-refractivity contribution is -0.118. The molecule has 1 aliphatic heterocycles. The topological polar surface area (TPSA) is 71.8 Å². The first-order chi connectivity index (χ1) is 11.1. The number of carbonyl (C=O) groups is 1. The molecule has 1 aromatic heterocycles. The molecule has 1 aliphatic carbocycles. The Morgan fingerprint density at radius 2 is 2.00 bits per heavy atom. The van der Waals surface area contributed by atoms with Gasteiger partial charge in [-0.05, 0) is 44.2 Å². The van der Waals surface area contributed by atoms with E-state index in [9.17, 15) is 4.79 Å². The molecule has 2 heterocycles. The number of aryl methyl sites for hydroxylation is 1. The highest BCUT2D eigenvalue weighted by Crippen LogP contribution is 2.38. The summed E-state index contributed by atoms with van der Waals surface area (Å²) in [5, 5.41) is 10.8. The van der Waals surface area contributed by atoms with E-state index in [0.29, 0.717) is 18.3 Å². The van der Waals surface area contributed by atoms with E-state index in [4.69, 9.17) is 0 Å². The van der Waals surface area contributed by atoms with Gasteiger partial charge in [-0.2, -0.15) is 10.1 Å². The van der Waals surface area contributed by atoms with Gasteiger partial charge in [0.05, 0.1) is 0 Å². The molecular formula is C17H29N5O. The molecule has 6 nitrogen and oxygen atoms in total. The molecule has 3 rings (SSSR count). The second kappa shape index (κ2) is 6.99. The van der Waals surface area contributed by atoms with Gasteiger partial charge in [0.25, 0.3) is 0 Å². The molecule has 2 N–H and O–H groups in total. The van der Waals surface area contributed by atoms with Crippen molar-refractivity contribution in [1.82, 2.24) is 20.1 Å². The van der Waals surface area contributed by atoms with Crippen LogP contribution in [0.4, 0.5) is 5.95 Å². The average molecular weight is 319 g/mol. The zero-order chi connectivity index (χ0) is 16.3. The van der Waals surface area contributed by atoms with Crippen LogP contribution in [0.15, 0.2) is 0 Å². The monoisotopic (exact) mass is 319 g/mol. The molecule has 1 saturated heterocycles. The number of carbonyl (C=O) groups excluding carboxylic acids is 1. The van der Waals surface area contributed by atoms with Gasteiger partial charge in [0.15, 0.2) is 5.82 Å². The predicted octanol–water partition coefficient (Wildman–Crippen LogP) is 2.58. The highest BCUT2D eigenvalue weighted by Gasteiger charge is 2.30. The van der Waals surface area contributed by atoms with Crippen molar-refractivity contribution in [3.05, 3.63) is 5.82 Å². The molecule has 23 heavy (non-hydrogen) atoms. The van der Waals surface area contributed by atoms with Gasteiger partial charge in [0.2, 0.25) is 11.9 Å². The van der Waals surface area contributed by atoms with Gasteiger partial charge in [0.1, 0.15) is 0 Å². The number of nitrogens with one attached hydrogen (secondary N) is 2. The van der Waals surface area contributed by atoms with Crippen LogP contribution in [0.25, 0.3) is 0 Å². The summed E-state index contributed by atoms with van der Waals surface area (Å²) in [6, 6.07) is 0. The van der Waals surface area contributed by atoms with Gasteiger partial charge < -0.3 is 5.32 Å². The maximum absolute atomic E-state index is 12.4. The van der Waals surface area contributed by atoms with E-state index < -0.39 is 0 Å². The fourth-order valence-electron chi connectivity index (χ4n) is 3.90. The summed E-state index contributed by atoms with van der Waals surface area (Å²) in [7, 11) is 1.86. The number of aromatic nitrogens is 3. The summed E-state index contributed by atoms with van der Waals surface area (Å²) in [5.41, 5.74) is 0.152. The third-order valence-electron chi connectivity index (χ3n) is 5.38. The van der Waals surface area contributed by atoms with E-state index >= 15 is 0 Å². The van der Waals surface area contributed by atoms with Crippen molar-refractivity contribution in [3.8, 4) is 0 Å². The zero-order valence-electron chi connectivity index (χ0n) is 14.4. The molecule has 0 radical (unpaired) electrons. The minimum Gasteiger partial charge on any atom is -0.317 e. The van der Waals surface area contributed by atoms with Crippen LogP contribution in [0.3, 0.4) is 0 Å². The number of rotatable bonds is 4. The highest BCUT2D eigenvalue weighted by atomic mass is 16.1. The standard InChI is InChI=1S/C17H29N5O/c1-17(8-4-3-5-9-17)12-14(23)19-16-20-15(21-22(16)2)13-6-10-18-11-7-13/h13,18H,3-12H2,1-2H3,(H,19,20,21,23). The van der Waals surface area contributed by atoms with Crippen molar-refractivity contribution < 1.29 is 4.79 Å². The lowest BCUT2D eigenvalue weighted by atomic mass is 9.73. The van der Waals surface area contributed by atoms with Gasteiger partial charge in [0, 0.05) is 19.4 Å². The summed E-state index contributed by atoms with van der Waals surface area (Å²) >= 11 is 0. The van der Waals surface area contributed by atoms with Crippen molar-refractivity contribution in [1.29, 1.82) is 0 Å². The number of hydrogen-bond donors (Lipinski definition) is 2. The molecule has 2 fully saturated rings. The Morgan fingerprint density at radius 1 is 1.30 bits per heavy atom. The SMILES string of the molecule is Cn1nc(C2CCNCC2)nc1NC(=O)CC1(C)CCCCC1. The number of amides is 1. The van der Waals surface area contributed by atoms with Crippen molar-refractivity contribution in [2.45, 2.75) is 64.2 Å². The summed E-state index contributed by atoms with van der Waals surface area (Å²) in [5.74, 6) is 1.93. The van der Waals surface area contributed by atoms with Crippen LogP contribution in [-0.4, -0.2) is 33.8 Å². The molecule has 1 amide bonds. The van der Waals surface area contributed by atoms with Gasteiger partial charge in [-0.15, -0.1) is 0 Å². The lowest BCUT2D eigenvalue weighted by Gasteiger charge is -2.32. The van der Waals surface area contributed by atoms with E-state index in [0.717, 1.165) is 44.6 Å². The third kappa shape index (κ3) is 4.10. The maximum Gasteiger partial charge on any atom is 0.227 e. The van der Waals surface area contributed by atoms with Crippen molar-refractivity contribution in [3.63, 3.8) is 0 Å². The van der Waals surface area contributed by atoms with E-state index in [1.165, 1.54) is 19.3 Å². The van der Waals surface area contributed by atoms with Crippen LogP contribution in [0.2, 0.25) is 0 Å². The molecular weight excluding hydrogens is 290 g/mol. The maximum atomic E-state index is 12.4. The smallest absolute Gasteiger partial charge is 0.227 e. The normalized spacial score (nSPS) is 22.0. The molecule has 1 saturated carbocycles. The quantitative estimate of drug-likeness (QED) is 0.895. The van der Waals surface area contributed by atoms with Gasteiger partial charge in [-0.3, -0.25) is 10.1 Å². The molecule has 0 bridgehead atoms. The van der Waals surface area contributed by atoms with E-state index in [-0.39, 0.29) is 11.3 Å². The number of nitrogens with zero attached hydrogens (tertiary/aromatic N) is 3. The largest absolute Gasteiger partial charge is 0.317 e. The summed E-state index contributed by atoms with van der Waals surface area (Å²) in [4.78, 5) is 17.0. The Kier molecular flexibility index (Phi) is 4.99. The van der Waals surface area contributed by atoms with Crippen LogP contribution >= 0.6 is 0 Å². The van der Waals surface area contributed by atoms with Gasteiger partial charge in [-0.1, -0.05) is 26.2 Å². The molecule has 2 aliphatic rings. The highest BCUT2D eigenvalue weighted by molar-refractivity contribution is 5.89. The predicted molar refractivity (Wildman–Crippen MR) is 90.3 cm³/mol. The first-order valence-electron chi connectivity index (χ1n) is 8.97. The zero-order valence-corrected chi connectivity index (χ0v) is 14.4. The first-order valence-corrected chi connectivity index (χ1v) is 8.97. The molecule has 6 heteroatoms. The van der Waals surface area contributed by atoms with Crippen molar-refractivity contribution in [2.24, 2.45) is 12.5 Å². The summed E-state index contributed by atoms with van der Waals surface area (Å²) < 4.78 is 1.71. The third-order valence-corrected chi connectivity index (χ3v) is 5.38. The Hall–Kier alpha value is -1.43. The number of piperidine rings is 1. The molecule has 1 aromatic rings. The van der Waals surface area contributed by atoms with Crippen LogP contribution in [-0.2, 0) is 11.8 Å². The summed E-state index contributed by atoms with van der Waals surface area (Å²) in [6.45, 7) is 4.27. The Bertz CT molecular complexity index is 541. The van der Waals surface area contributed by atoms with Gasteiger partial charge >= 0.3 is 0 Å². The molecule has 128 valence electrons. The van der Waals surface area contributed by atoms with Crippen LogP contribution in [0.1, 0.15) is 70.0 Å². The van der Waals surface area contributed by atoms with Crippen molar-refractivity contribution >= 4 is 11.9 Å². The molecule has 0 atom stereocenters. The fourth-order valence-corrected chi connectivity index (χ4v) is 3.90. The van der Waals surface area contributed by atoms with Crippen molar-refractivity contribution in [2.75, 3.05) is 18.4 Å². The van der Waals surface area contributed by atoms with Crippen LogP contribution in [0.5, 0.6) is 0 Å².